The highest BCUT2D eigenvalue weighted by Gasteiger charge is 2.26. The zero-order valence-electron chi connectivity index (χ0n) is 14.5. The van der Waals surface area contributed by atoms with Crippen molar-refractivity contribution in [3.8, 4) is 0 Å². The molecule has 2 rings (SSSR count). The van der Waals surface area contributed by atoms with E-state index in [9.17, 15) is 0 Å². The molecule has 0 aromatic heterocycles. The summed E-state index contributed by atoms with van der Waals surface area (Å²) in [7, 11) is 2.20. The number of nitrogens with zero attached hydrogens (tertiary/aromatic N) is 1. The molecule has 1 saturated carbocycles. The van der Waals surface area contributed by atoms with E-state index in [0.29, 0.717) is 24.4 Å². The average Bonchev–Trinajstić information content (AvgIpc) is 2.41. The van der Waals surface area contributed by atoms with Crippen molar-refractivity contribution in [1.29, 1.82) is 0 Å². The number of piperidine rings is 1. The van der Waals surface area contributed by atoms with Crippen LogP contribution < -0.4 is 0 Å². The van der Waals surface area contributed by atoms with Crippen molar-refractivity contribution in [2.45, 2.75) is 90.1 Å². The second-order valence-electron chi connectivity index (χ2n) is 7.52. The van der Waals surface area contributed by atoms with E-state index in [1.165, 1.54) is 58.0 Å². The fourth-order valence-corrected chi connectivity index (χ4v) is 3.94. The van der Waals surface area contributed by atoms with Crippen LogP contribution in [0, 0.1) is 5.92 Å². The van der Waals surface area contributed by atoms with Crippen LogP contribution >= 0.6 is 0 Å². The maximum Gasteiger partial charge on any atom is 0.0603 e. The Morgan fingerprint density at radius 3 is 2.33 bits per heavy atom. The average molecular weight is 297 g/mol. The normalized spacial score (nSPS) is 30.7. The lowest BCUT2D eigenvalue weighted by Crippen LogP contribution is -2.36. The molecule has 2 fully saturated rings. The summed E-state index contributed by atoms with van der Waals surface area (Å²) >= 11 is 0. The SMILES string of the molecule is CC(C)OC1CCCC(CC(C)OC2CCN(C)CC2)C1. The Hall–Kier alpha value is -0.120. The summed E-state index contributed by atoms with van der Waals surface area (Å²) in [6.07, 6.45) is 10.5. The molecule has 0 amide bonds. The van der Waals surface area contributed by atoms with Crippen LogP contribution in [0.15, 0.2) is 0 Å². The van der Waals surface area contributed by atoms with Gasteiger partial charge in [0.25, 0.3) is 0 Å². The van der Waals surface area contributed by atoms with Crippen molar-refractivity contribution < 1.29 is 9.47 Å². The lowest BCUT2D eigenvalue weighted by atomic mass is 9.83. The molecule has 124 valence electrons. The van der Waals surface area contributed by atoms with E-state index >= 15 is 0 Å². The fourth-order valence-electron chi connectivity index (χ4n) is 3.94. The molecule has 1 aliphatic carbocycles. The topological polar surface area (TPSA) is 21.7 Å². The molecular weight excluding hydrogens is 262 g/mol. The summed E-state index contributed by atoms with van der Waals surface area (Å²) in [5.41, 5.74) is 0. The van der Waals surface area contributed by atoms with Crippen molar-refractivity contribution in [3.05, 3.63) is 0 Å². The van der Waals surface area contributed by atoms with Crippen LogP contribution in [-0.2, 0) is 9.47 Å². The van der Waals surface area contributed by atoms with Gasteiger partial charge in [0.2, 0.25) is 0 Å². The third-order valence-corrected chi connectivity index (χ3v) is 4.95. The Morgan fingerprint density at radius 2 is 1.67 bits per heavy atom. The molecule has 0 aromatic rings. The zero-order chi connectivity index (χ0) is 15.2. The van der Waals surface area contributed by atoms with Crippen LogP contribution in [0.1, 0.15) is 65.7 Å². The smallest absolute Gasteiger partial charge is 0.0603 e. The number of hydrogen-bond donors (Lipinski definition) is 0. The van der Waals surface area contributed by atoms with E-state index in [1.54, 1.807) is 0 Å². The molecule has 0 bridgehead atoms. The molecule has 1 aliphatic heterocycles. The predicted octanol–water partition coefficient (Wildman–Crippen LogP) is 3.86. The van der Waals surface area contributed by atoms with Crippen LogP contribution in [0.5, 0.6) is 0 Å². The Balaban J connectivity index is 1.68. The molecule has 0 N–H and O–H groups in total. The van der Waals surface area contributed by atoms with Crippen LogP contribution in [0.25, 0.3) is 0 Å². The van der Waals surface area contributed by atoms with Crippen LogP contribution in [0.4, 0.5) is 0 Å². The molecule has 1 saturated heterocycles. The minimum Gasteiger partial charge on any atom is -0.376 e. The van der Waals surface area contributed by atoms with Gasteiger partial charge in [0.05, 0.1) is 24.4 Å². The molecule has 1 heterocycles. The summed E-state index contributed by atoms with van der Waals surface area (Å²) in [5.74, 6) is 0.795. The monoisotopic (exact) mass is 297 g/mol. The van der Waals surface area contributed by atoms with Gasteiger partial charge in [-0.2, -0.15) is 0 Å². The Kier molecular flexibility index (Phi) is 6.97. The second kappa shape index (κ2) is 8.50. The summed E-state index contributed by atoms with van der Waals surface area (Å²) in [4.78, 5) is 2.40. The molecule has 0 aromatic carbocycles. The molecule has 3 heteroatoms. The van der Waals surface area contributed by atoms with Gasteiger partial charge in [0.15, 0.2) is 0 Å². The van der Waals surface area contributed by atoms with Crippen LogP contribution in [0.3, 0.4) is 0 Å². The van der Waals surface area contributed by atoms with E-state index in [-0.39, 0.29) is 0 Å². The molecule has 2 aliphatic rings. The van der Waals surface area contributed by atoms with Gasteiger partial charge in [0, 0.05) is 13.1 Å². The van der Waals surface area contributed by atoms with Crippen molar-refractivity contribution in [3.63, 3.8) is 0 Å². The van der Waals surface area contributed by atoms with Gasteiger partial charge in [-0.3, -0.25) is 0 Å². The highest BCUT2D eigenvalue weighted by atomic mass is 16.5. The van der Waals surface area contributed by atoms with E-state index < -0.39 is 0 Å². The molecule has 21 heavy (non-hydrogen) atoms. The minimum absolute atomic E-state index is 0.363. The first kappa shape index (κ1) is 17.2. The first-order valence-corrected chi connectivity index (χ1v) is 9.02. The van der Waals surface area contributed by atoms with Crippen molar-refractivity contribution >= 4 is 0 Å². The molecule has 0 spiro atoms. The van der Waals surface area contributed by atoms with Crippen molar-refractivity contribution in [1.82, 2.24) is 4.90 Å². The molecule has 3 nitrogen and oxygen atoms in total. The lowest BCUT2D eigenvalue weighted by molar-refractivity contribution is -0.0565. The van der Waals surface area contributed by atoms with E-state index in [4.69, 9.17) is 9.47 Å². The minimum atomic E-state index is 0.363. The number of likely N-dealkylation sites (tertiary alicyclic amines) is 1. The van der Waals surface area contributed by atoms with Crippen LogP contribution in [0.2, 0.25) is 0 Å². The van der Waals surface area contributed by atoms with Crippen molar-refractivity contribution in [2.24, 2.45) is 5.92 Å². The highest BCUT2D eigenvalue weighted by molar-refractivity contribution is 4.77. The Bertz CT molecular complexity index is 287. The quantitative estimate of drug-likeness (QED) is 0.743. The maximum atomic E-state index is 6.29. The molecular formula is C18H35NO2. The van der Waals surface area contributed by atoms with Gasteiger partial charge in [-0.1, -0.05) is 12.8 Å². The molecule has 3 unspecified atom stereocenters. The maximum absolute atomic E-state index is 6.29. The van der Waals surface area contributed by atoms with Gasteiger partial charge < -0.3 is 14.4 Å². The van der Waals surface area contributed by atoms with Gasteiger partial charge in [-0.05, 0) is 65.8 Å². The Labute approximate surface area is 131 Å². The number of hydrogen-bond acceptors (Lipinski definition) is 3. The third kappa shape index (κ3) is 6.25. The van der Waals surface area contributed by atoms with E-state index in [0.717, 1.165) is 5.92 Å². The van der Waals surface area contributed by atoms with Crippen molar-refractivity contribution in [2.75, 3.05) is 20.1 Å². The number of rotatable bonds is 6. The summed E-state index contributed by atoms with van der Waals surface area (Å²) < 4.78 is 12.3. The number of ether oxygens (including phenoxy) is 2. The molecule has 0 radical (unpaired) electrons. The third-order valence-electron chi connectivity index (χ3n) is 4.95. The standard InChI is InChI=1S/C18H35NO2/c1-14(2)20-18-7-5-6-16(13-18)12-15(3)21-17-8-10-19(4)11-9-17/h14-18H,5-13H2,1-4H3. The first-order chi connectivity index (χ1) is 10.0. The Morgan fingerprint density at radius 1 is 0.952 bits per heavy atom. The van der Waals surface area contributed by atoms with E-state index in [1.807, 2.05) is 0 Å². The predicted molar refractivity (Wildman–Crippen MR) is 87.7 cm³/mol. The van der Waals surface area contributed by atoms with Gasteiger partial charge in [-0.25, -0.2) is 0 Å². The van der Waals surface area contributed by atoms with Crippen LogP contribution in [-0.4, -0.2) is 49.5 Å². The summed E-state index contributed by atoms with van der Waals surface area (Å²) in [6.45, 7) is 8.94. The zero-order valence-corrected chi connectivity index (χ0v) is 14.5. The highest BCUT2D eigenvalue weighted by Crippen LogP contribution is 2.31. The lowest BCUT2D eigenvalue weighted by Gasteiger charge is -2.34. The van der Waals surface area contributed by atoms with Gasteiger partial charge in [-0.15, -0.1) is 0 Å². The first-order valence-electron chi connectivity index (χ1n) is 9.02. The largest absolute Gasteiger partial charge is 0.376 e. The van der Waals surface area contributed by atoms with Gasteiger partial charge >= 0.3 is 0 Å². The second-order valence-corrected chi connectivity index (χ2v) is 7.52. The van der Waals surface area contributed by atoms with Gasteiger partial charge in [0.1, 0.15) is 0 Å². The molecule has 3 atom stereocenters. The summed E-state index contributed by atoms with van der Waals surface area (Å²) in [6, 6.07) is 0. The summed E-state index contributed by atoms with van der Waals surface area (Å²) in [5, 5.41) is 0. The van der Waals surface area contributed by atoms with E-state index in [2.05, 4.69) is 32.7 Å². The fraction of sp³-hybridized carbons (Fsp3) is 1.00.